The molecule has 0 bridgehead atoms. The van der Waals surface area contributed by atoms with Crippen molar-refractivity contribution in [1.29, 1.82) is 0 Å². The summed E-state index contributed by atoms with van der Waals surface area (Å²) in [6.45, 7) is 3.68. The SMILES string of the molecule is CCOC(=O)c1sc2nc(CC(=O)OC)nc(Nc3cccc([N+](=O)[O-])c3)c2c1C. The van der Waals surface area contributed by atoms with Crippen molar-refractivity contribution in [2.45, 2.75) is 20.3 Å². The number of carbonyl (C=O) groups is 2. The molecule has 2 heterocycles. The van der Waals surface area contributed by atoms with E-state index >= 15 is 0 Å². The van der Waals surface area contributed by atoms with Crippen LogP contribution in [0.3, 0.4) is 0 Å². The van der Waals surface area contributed by atoms with Gasteiger partial charge in [0.1, 0.15) is 27.8 Å². The molecular formula is C19H18N4O6S. The maximum Gasteiger partial charge on any atom is 0.348 e. The van der Waals surface area contributed by atoms with Crippen LogP contribution in [0.1, 0.15) is 28.0 Å². The molecule has 1 aromatic carbocycles. The van der Waals surface area contributed by atoms with E-state index in [1.54, 1.807) is 26.0 Å². The topological polar surface area (TPSA) is 134 Å². The highest BCUT2D eigenvalue weighted by molar-refractivity contribution is 7.20. The number of nitro benzene ring substituents is 1. The summed E-state index contributed by atoms with van der Waals surface area (Å²) >= 11 is 1.13. The Morgan fingerprint density at radius 1 is 1.30 bits per heavy atom. The third-order valence-corrected chi connectivity index (χ3v) is 5.31. The number of fused-ring (bicyclic) bond motifs is 1. The minimum atomic E-state index is -0.519. The second-order valence-corrected chi connectivity index (χ2v) is 7.13. The first kappa shape index (κ1) is 21.1. The van der Waals surface area contributed by atoms with E-state index in [1.165, 1.54) is 19.2 Å². The lowest BCUT2D eigenvalue weighted by molar-refractivity contribution is -0.384. The maximum atomic E-state index is 12.3. The molecular weight excluding hydrogens is 412 g/mol. The summed E-state index contributed by atoms with van der Waals surface area (Å²) in [6, 6.07) is 5.92. The smallest absolute Gasteiger partial charge is 0.348 e. The zero-order valence-corrected chi connectivity index (χ0v) is 17.2. The summed E-state index contributed by atoms with van der Waals surface area (Å²) in [7, 11) is 1.26. The Bertz CT molecular complexity index is 1140. The van der Waals surface area contributed by atoms with E-state index in [0.717, 1.165) is 11.3 Å². The molecule has 0 aliphatic heterocycles. The third-order valence-electron chi connectivity index (χ3n) is 4.15. The van der Waals surface area contributed by atoms with Crippen LogP contribution in [-0.4, -0.2) is 40.5 Å². The van der Waals surface area contributed by atoms with Crippen molar-refractivity contribution in [3.05, 3.63) is 50.6 Å². The second kappa shape index (κ2) is 8.82. The number of carbonyl (C=O) groups excluding carboxylic acids is 2. The molecule has 11 heteroatoms. The molecule has 0 atom stereocenters. The van der Waals surface area contributed by atoms with E-state index in [1.807, 2.05) is 0 Å². The van der Waals surface area contributed by atoms with Crippen LogP contribution in [0.25, 0.3) is 10.2 Å². The van der Waals surface area contributed by atoms with E-state index in [2.05, 4.69) is 20.0 Å². The second-order valence-electron chi connectivity index (χ2n) is 6.13. The van der Waals surface area contributed by atoms with Gasteiger partial charge in [0.15, 0.2) is 0 Å². The Kier molecular flexibility index (Phi) is 6.21. The minimum Gasteiger partial charge on any atom is -0.469 e. The van der Waals surface area contributed by atoms with Crippen LogP contribution in [0.15, 0.2) is 24.3 Å². The Balaban J connectivity index is 2.13. The van der Waals surface area contributed by atoms with Gasteiger partial charge in [0, 0.05) is 17.8 Å². The van der Waals surface area contributed by atoms with Crippen LogP contribution in [0.2, 0.25) is 0 Å². The molecule has 3 rings (SSSR count). The van der Waals surface area contributed by atoms with E-state index in [9.17, 15) is 19.7 Å². The number of anilines is 2. The molecule has 156 valence electrons. The molecule has 0 aliphatic rings. The van der Waals surface area contributed by atoms with Gasteiger partial charge in [0.05, 0.1) is 24.0 Å². The number of non-ortho nitro benzene ring substituents is 1. The third kappa shape index (κ3) is 4.35. The maximum absolute atomic E-state index is 12.3. The van der Waals surface area contributed by atoms with Gasteiger partial charge in [-0.2, -0.15) is 0 Å². The Labute approximate surface area is 175 Å². The number of nitro groups is 1. The number of thiophene rings is 1. The number of methoxy groups -OCH3 is 1. The van der Waals surface area contributed by atoms with E-state index in [0.29, 0.717) is 32.2 Å². The van der Waals surface area contributed by atoms with Crippen LogP contribution in [0.4, 0.5) is 17.2 Å². The number of hydrogen-bond donors (Lipinski definition) is 1. The molecule has 0 amide bonds. The molecule has 0 fully saturated rings. The molecule has 0 unspecified atom stereocenters. The number of aromatic nitrogens is 2. The largest absolute Gasteiger partial charge is 0.469 e. The normalized spacial score (nSPS) is 10.6. The quantitative estimate of drug-likeness (QED) is 0.339. The number of esters is 2. The summed E-state index contributed by atoms with van der Waals surface area (Å²) in [6.07, 6.45) is -0.165. The fourth-order valence-corrected chi connectivity index (χ4v) is 3.87. The zero-order valence-electron chi connectivity index (χ0n) is 16.4. The molecule has 0 aliphatic carbocycles. The summed E-state index contributed by atoms with van der Waals surface area (Å²) in [5.41, 5.74) is 0.955. The van der Waals surface area contributed by atoms with Gasteiger partial charge >= 0.3 is 11.9 Å². The molecule has 1 N–H and O–H groups in total. The molecule has 0 spiro atoms. The lowest BCUT2D eigenvalue weighted by atomic mass is 10.2. The van der Waals surface area contributed by atoms with Crippen molar-refractivity contribution >= 4 is 50.7 Å². The first-order valence-electron chi connectivity index (χ1n) is 8.89. The summed E-state index contributed by atoms with van der Waals surface area (Å²) in [5.74, 6) is -0.481. The van der Waals surface area contributed by atoms with E-state index in [4.69, 9.17) is 4.74 Å². The molecule has 2 aromatic heterocycles. The zero-order chi connectivity index (χ0) is 21.8. The van der Waals surface area contributed by atoms with Gasteiger partial charge in [-0.3, -0.25) is 14.9 Å². The average molecular weight is 430 g/mol. The lowest BCUT2D eigenvalue weighted by Crippen LogP contribution is -2.09. The predicted molar refractivity (Wildman–Crippen MR) is 110 cm³/mol. The van der Waals surface area contributed by atoms with Gasteiger partial charge in [0.2, 0.25) is 0 Å². The van der Waals surface area contributed by atoms with E-state index in [-0.39, 0.29) is 24.5 Å². The molecule has 0 radical (unpaired) electrons. The highest BCUT2D eigenvalue weighted by atomic mass is 32.1. The number of nitrogens with one attached hydrogen (secondary N) is 1. The molecule has 0 saturated heterocycles. The van der Waals surface area contributed by atoms with Gasteiger partial charge in [-0.15, -0.1) is 11.3 Å². The van der Waals surface area contributed by atoms with Crippen molar-refractivity contribution in [3.63, 3.8) is 0 Å². The van der Waals surface area contributed by atoms with Crippen molar-refractivity contribution in [3.8, 4) is 0 Å². The number of aryl methyl sites for hydroxylation is 1. The first-order chi connectivity index (χ1) is 14.3. The number of nitrogens with zero attached hydrogens (tertiary/aromatic N) is 3. The van der Waals surface area contributed by atoms with Crippen LogP contribution in [0.5, 0.6) is 0 Å². The van der Waals surface area contributed by atoms with Crippen LogP contribution >= 0.6 is 11.3 Å². The van der Waals surface area contributed by atoms with Crippen LogP contribution in [0, 0.1) is 17.0 Å². The highest BCUT2D eigenvalue weighted by Gasteiger charge is 2.22. The first-order valence-corrected chi connectivity index (χ1v) is 9.71. The van der Waals surface area contributed by atoms with Gasteiger partial charge < -0.3 is 14.8 Å². The molecule has 3 aromatic rings. The molecule has 30 heavy (non-hydrogen) atoms. The lowest BCUT2D eigenvalue weighted by Gasteiger charge is -2.09. The average Bonchev–Trinajstić information content (AvgIpc) is 3.05. The summed E-state index contributed by atoms with van der Waals surface area (Å²) < 4.78 is 9.79. The standard InChI is InChI=1S/C19H18N4O6S/c1-4-29-19(25)16-10(2)15-17(20-11-6-5-7-12(8-11)23(26)27)21-13(9-14(24)28-3)22-18(15)30-16/h5-8H,4,9H2,1-3H3,(H,20,21,22). The number of hydrogen-bond acceptors (Lipinski definition) is 10. The number of benzene rings is 1. The van der Waals surface area contributed by atoms with Crippen molar-refractivity contribution in [2.75, 3.05) is 19.0 Å². The van der Waals surface area contributed by atoms with Gasteiger partial charge in [0.25, 0.3) is 5.69 Å². The monoisotopic (exact) mass is 430 g/mol. The number of rotatable bonds is 7. The fraction of sp³-hybridized carbons (Fsp3) is 0.263. The Morgan fingerprint density at radius 3 is 2.73 bits per heavy atom. The fourth-order valence-electron chi connectivity index (χ4n) is 2.78. The van der Waals surface area contributed by atoms with E-state index < -0.39 is 16.9 Å². The van der Waals surface area contributed by atoms with Crippen molar-refractivity contribution < 1.29 is 24.0 Å². The highest BCUT2D eigenvalue weighted by Crippen LogP contribution is 2.36. The molecule has 0 saturated carbocycles. The van der Waals surface area contributed by atoms with Crippen LogP contribution < -0.4 is 5.32 Å². The summed E-state index contributed by atoms with van der Waals surface area (Å²) in [5, 5.41) is 14.7. The predicted octanol–water partition coefficient (Wildman–Crippen LogP) is 3.54. The Hall–Kier alpha value is -3.60. The van der Waals surface area contributed by atoms with Crippen molar-refractivity contribution in [1.82, 2.24) is 9.97 Å². The Morgan fingerprint density at radius 2 is 2.07 bits per heavy atom. The van der Waals surface area contributed by atoms with Crippen molar-refractivity contribution in [2.24, 2.45) is 0 Å². The van der Waals surface area contributed by atoms with Crippen LogP contribution in [-0.2, 0) is 20.7 Å². The number of ether oxygens (including phenoxy) is 2. The summed E-state index contributed by atoms with van der Waals surface area (Å²) in [4.78, 5) is 44.2. The van der Waals surface area contributed by atoms with Gasteiger partial charge in [-0.25, -0.2) is 14.8 Å². The van der Waals surface area contributed by atoms with Gasteiger partial charge in [-0.1, -0.05) is 6.07 Å². The molecule has 10 nitrogen and oxygen atoms in total. The van der Waals surface area contributed by atoms with Gasteiger partial charge in [-0.05, 0) is 25.5 Å². The minimum absolute atomic E-state index is 0.0886.